The minimum absolute atomic E-state index is 0.146. The summed E-state index contributed by atoms with van der Waals surface area (Å²) in [7, 11) is 0. The standard InChI is InChI=1S/C22H24N2O3S/c1-13-14(2)28-21(23-13)24-20(27)22(3,4)19(15-5-9-17(25)10-6-15)16-7-11-18(26)12-8-16/h5-12,19,25-26H,1-4H3,(H,23,24,27). The second-order valence-corrected chi connectivity index (χ2v) is 8.66. The van der Waals surface area contributed by atoms with Gasteiger partial charge in [0.15, 0.2) is 5.13 Å². The number of carbonyl (C=O) groups is 1. The highest BCUT2D eigenvalue weighted by atomic mass is 32.1. The third-order valence-corrected chi connectivity index (χ3v) is 6.00. The van der Waals surface area contributed by atoms with Crippen LogP contribution in [-0.2, 0) is 4.79 Å². The Balaban J connectivity index is 2.00. The average molecular weight is 397 g/mol. The molecule has 6 heteroatoms. The molecule has 0 bridgehead atoms. The highest BCUT2D eigenvalue weighted by molar-refractivity contribution is 7.15. The first-order valence-electron chi connectivity index (χ1n) is 9.02. The number of amides is 1. The maximum atomic E-state index is 13.2. The summed E-state index contributed by atoms with van der Waals surface area (Å²) in [6.45, 7) is 7.67. The number of carbonyl (C=O) groups excluding carboxylic acids is 1. The van der Waals surface area contributed by atoms with Crippen molar-refractivity contribution in [1.29, 1.82) is 0 Å². The van der Waals surface area contributed by atoms with Gasteiger partial charge in [-0.3, -0.25) is 4.79 Å². The Kier molecular flexibility index (Phi) is 5.42. The lowest BCUT2D eigenvalue weighted by molar-refractivity contribution is -0.124. The molecule has 2 aromatic carbocycles. The number of benzene rings is 2. The summed E-state index contributed by atoms with van der Waals surface area (Å²) < 4.78 is 0. The Morgan fingerprint density at radius 2 is 1.43 bits per heavy atom. The number of aromatic hydroxyl groups is 2. The van der Waals surface area contributed by atoms with Crippen molar-refractivity contribution >= 4 is 22.4 Å². The lowest BCUT2D eigenvalue weighted by Crippen LogP contribution is -2.37. The summed E-state index contributed by atoms with van der Waals surface area (Å²) in [5.74, 6) is -0.0864. The first-order chi connectivity index (χ1) is 13.2. The molecule has 0 saturated carbocycles. The number of nitrogens with zero attached hydrogens (tertiary/aromatic N) is 1. The van der Waals surface area contributed by atoms with Gasteiger partial charge in [-0.2, -0.15) is 0 Å². The third kappa shape index (κ3) is 4.02. The van der Waals surface area contributed by atoms with Crippen LogP contribution < -0.4 is 5.32 Å². The van der Waals surface area contributed by atoms with E-state index < -0.39 is 5.41 Å². The maximum Gasteiger partial charge on any atom is 0.232 e. The van der Waals surface area contributed by atoms with Gasteiger partial charge in [0.05, 0.1) is 11.1 Å². The summed E-state index contributed by atoms with van der Waals surface area (Å²) in [6.07, 6.45) is 0. The van der Waals surface area contributed by atoms with Gasteiger partial charge in [-0.1, -0.05) is 38.1 Å². The topological polar surface area (TPSA) is 82.5 Å². The average Bonchev–Trinajstić information content (AvgIpc) is 2.95. The minimum Gasteiger partial charge on any atom is -0.508 e. The number of aryl methyl sites for hydroxylation is 2. The Morgan fingerprint density at radius 3 is 1.82 bits per heavy atom. The van der Waals surface area contributed by atoms with E-state index in [1.165, 1.54) is 11.3 Å². The number of thiazole rings is 1. The van der Waals surface area contributed by atoms with Crippen molar-refractivity contribution in [2.24, 2.45) is 5.41 Å². The number of phenolic OH excluding ortho intramolecular Hbond substituents is 2. The smallest absolute Gasteiger partial charge is 0.232 e. The number of hydrogen-bond acceptors (Lipinski definition) is 5. The molecule has 0 aliphatic rings. The molecule has 0 aliphatic heterocycles. The third-order valence-electron chi connectivity index (χ3n) is 5.01. The van der Waals surface area contributed by atoms with Crippen molar-refractivity contribution in [3.05, 3.63) is 70.2 Å². The fourth-order valence-electron chi connectivity index (χ4n) is 3.27. The lowest BCUT2D eigenvalue weighted by atomic mass is 9.70. The van der Waals surface area contributed by atoms with Crippen molar-refractivity contribution in [3.8, 4) is 11.5 Å². The van der Waals surface area contributed by atoms with Gasteiger partial charge in [0.1, 0.15) is 11.5 Å². The minimum atomic E-state index is -0.818. The maximum absolute atomic E-state index is 13.2. The van der Waals surface area contributed by atoms with Crippen LogP contribution in [0, 0.1) is 19.3 Å². The predicted molar refractivity (Wildman–Crippen MR) is 112 cm³/mol. The Hall–Kier alpha value is -2.86. The first-order valence-corrected chi connectivity index (χ1v) is 9.83. The lowest BCUT2D eigenvalue weighted by Gasteiger charge is -2.33. The molecule has 3 rings (SSSR count). The molecular weight excluding hydrogens is 372 g/mol. The zero-order valence-electron chi connectivity index (χ0n) is 16.4. The molecule has 0 unspecified atom stereocenters. The monoisotopic (exact) mass is 396 g/mol. The molecule has 0 atom stereocenters. The summed E-state index contributed by atoms with van der Waals surface area (Å²) >= 11 is 1.46. The fraction of sp³-hybridized carbons (Fsp3) is 0.273. The Morgan fingerprint density at radius 1 is 0.964 bits per heavy atom. The van der Waals surface area contributed by atoms with Crippen LogP contribution in [-0.4, -0.2) is 21.1 Å². The van der Waals surface area contributed by atoms with Crippen molar-refractivity contribution in [3.63, 3.8) is 0 Å². The molecule has 0 spiro atoms. The van der Waals surface area contributed by atoms with E-state index in [0.717, 1.165) is 21.7 Å². The zero-order chi connectivity index (χ0) is 20.5. The van der Waals surface area contributed by atoms with Crippen LogP contribution >= 0.6 is 11.3 Å². The van der Waals surface area contributed by atoms with E-state index >= 15 is 0 Å². The molecule has 28 heavy (non-hydrogen) atoms. The summed E-state index contributed by atoms with van der Waals surface area (Å²) in [4.78, 5) is 18.7. The van der Waals surface area contributed by atoms with Gasteiger partial charge in [-0.15, -0.1) is 11.3 Å². The normalized spacial score (nSPS) is 11.6. The van der Waals surface area contributed by atoms with E-state index in [1.54, 1.807) is 24.3 Å². The van der Waals surface area contributed by atoms with E-state index in [2.05, 4.69) is 10.3 Å². The molecule has 0 aliphatic carbocycles. The van der Waals surface area contributed by atoms with Gasteiger partial charge in [0.2, 0.25) is 5.91 Å². The second kappa shape index (κ2) is 7.64. The van der Waals surface area contributed by atoms with Gasteiger partial charge >= 0.3 is 0 Å². The van der Waals surface area contributed by atoms with Gasteiger partial charge in [0, 0.05) is 10.8 Å². The molecule has 1 aromatic heterocycles. The van der Waals surface area contributed by atoms with E-state index in [-0.39, 0.29) is 23.3 Å². The van der Waals surface area contributed by atoms with Gasteiger partial charge in [-0.05, 0) is 49.2 Å². The summed E-state index contributed by atoms with van der Waals surface area (Å²) in [5, 5.41) is 22.9. The second-order valence-electron chi connectivity index (χ2n) is 7.45. The molecular formula is C22H24N2O3S. The summed E-state index contributed by atoms with van der Waals surface area (Å²) in [5.41, 5.74) is 1.89. The van der Waals surface area contributed by atoms with E-state index in [9.17, 15) is 15.0 Å². The van der Waals surface area contributed by atoms with Crippen LogP contribution in [0.15, 0.2) is 48.5 Å². The van der Waals surface area contributed by atoms with Gasteiger partial charge < -0.3 is 15.5 Å². The molecule has 0 fully saturated rings. The highest BCUT2D eigenvalue weighted by Crippen LogP contribution is 2.42. The number of hydrogen-bond donors (Lipinski definition) is 3. The molecule has 1 heterocycles. The van der Waals surface area contributed by atoms with Crippen molar-refractivity contribution in [1.82, 2.24) is 4.98 Å². The molecule has 146 valence electrons. The van der Waals surface area contributed by atoms with E-state index in [1.807, 2.05) is 52.0 Å². The van der Waals surface area contributed by atoms with E-state index in [4.69, 9.17) is 0 Å². The number of anilines is 1. The van der Waals surface area contributed by atoms with Crippen LogP contribution in [0.4, 0.5) is 5.13 Å². The molecule has 5 nitrogen and oxygen atoms in total. The first kappa shape index (κ1) is 19.9. The quantitative estimate of drug-likeness (QED) is 0.569. The van der Waals surface area contributed by atoms with Crippen LogP contribution in [0.2, 0.25) is 0 Å². The Bertz CT molecular complexity index is 911. The summed E-state index contributed by atoms with van der Waals surface area (Å²) in [6, 6.07) is 13.7. The van der Waals surface area contributed by atoms with Crippen LogP contribution in [0.1, 0.15) is 41.5 Å². The van der Waals surface area contributed by atoms with Crippen LogP contribution in [0.25, 0.3) is 0 Å². The number of phenols is 2. The van der Waals surface area contributed by atoms with Crippen molar-refractivity contribution in [2.45, 2.75) is 33.6 Å². The van der Waals surface area contributed by atoms with Crippen molar-refractivity contribution < 1.29 is 15.0 Å². The number of nitrogens with one attached hydrogen (secondary N) is 1. The van der Waals surface area contributed by atoms with Gasteiger partial charge in [-0.25, -0.2) is 4.98 Å². The van der Waals surface area contributed by atoms with Crippen molar-refractivity contribution in [2.75, 3.05) is 5.32 Å². The van der Waals surface area contributed by atoms with E-state index in [0.29, 0.717) is 5.13 Å². The molecule has 1 amide bonds. The van der Waals surface area contributed by atoms with Crippen LogP contribution in [0.3, 0.4) is 0 Å². The largest absolute Gasteiger partial charge is 0.508 e. The molecule has 0 saturated heterocycles. The molecule has 3 aromatic rings. The number of aromatic nitrogens is 1. The zero-order valence-corrected chi connectivity index (χ0v) is 17.2. The Labute approximate surface area is 168 Å². The fourth-order valence-corrected chi connectivity index (χ4v) is 4.08. The van der Waals surface area contributed by atoms with Crippen LogP contribution in [0.5, 0.6) is 11.5 Å². The predicted octanol–water partition coefficient (Wildman–Crippen LogP) is 4.97. The van der Waals surface area contributed by atoms with Gasteiger partial charge in [0.25, 0.3) is 0 Å². The highest BCUT2D eigenvalue weighted by Gasteiger charge is 2.39. The molecule has 3 N–H and O–H groups in total. The molecule has 0 radical (unpaired) electrons. The number of rotatable bonds is 5. The SMILES string of the molecule is Cc1nc(NC(=O)C(C)(C)C(c2ccc(O)cc2)c2ccc(O)cc2)sc1C.